The molecule has 0 aliphatic rings. The van der Waals surface area contributed by atoms with E-state index in [4.69, 9.17) is 4.79 Å². The molecule has 10 heavy (non-hydrogen) atoms. The summed E-state index contributed by atoms with van der Waals surface area (Å²) in [6, 6.07) is 10.3. The lowest BCUT2D eigenvalue weighted by Crippen LogP contribution is -1.62. The number of benzene rings is 1. The van der Waals surface area contributed by atoms with Crippen LogP contribution in [-0.4, -0.2) is 5.94 Å². The highest BCUT2D eigenvalue weighted by Gasteiger charge is 1.72. The van der Waals surface area contributed by atoms with Crippen molar-refractivity contribution in [1.82, 2.24) is 0 Å². The lowest BCUT2D eigenvalue weighted by molar-refractivity contribution is 0.569. The molecule has 0 heterocycles. The van der Waals surface area contributed by atoms with Crippen LogP contribution >= 0.6 is 0 Å². The summed E-state index contributed by atoms with van der Waals surface area (Å²) < 4.78 is 0. The van der Waals surface area contributed by atoms with E-state index in [1.807, 2.05) is 18.2 Å². The summed E-state index contributed by atoms with van der Waals surface area (Å²) in [5.41, 5.74) is 1.32. The van der Waals surface area contributed by atoms with E-state index < -0.39 is 0 Å². The first kappa shape index (κ1) is 8.67. The van der Waals surface area contributed by atoms with Gasteiger partial charge in [-0.15, -0.1) is 0 Å². The minimum atomic E-state index is 1.25. The van der Waals surface area contributed by atoms with Crippen LogP contribution in [0, 0.1) is 6.92 Å². The summed E-state index contributed by atoms with van der Waals surface area (Å²) in [7, 11) is 0. The zero-order valence-electron chi connectivity index (χ0n) is 6.00. The van der Waals surface area contributed by atoms with Crippen molar-refractivity contribution in [1.29, 1.82) is 0 Å². The van der Waals surface area contributed by atoms with Crippen molar-refractivity contribution in [2.75, 3.05) is 0 Å². The highest BCUT2D eigenvalue weighted by Crippen LogP contribution is 1.92. The minimum absolute atomic E-state index is 1.25. The molecule has 1 aromatic carbocycles. The Morgan fingerprint density at radius 2 is 1.70 bits per heavy atom. The van der Waals surface area contributed by atoms with Gasteiger partial charge in [-0.05, 0) is 13.5 Å². The Labute approximate surface area is 61.0 Å². The molecule has 0 N–H and O–H groups in total. The number of carbonyl (C=O) groups excluding carboxylic acids is 1. The molecule has 0 aromatic heterocycles. The summed E-state index contributed by atoms with van der Waals surface area (Å²) in [5, 5.41) is 0. The smallest absolute Gasteiger partial charge is 0.116 e. The van der Waals surface area contributed by atoms with Crippen LogP contribution in [0.2, 0.25) is 0 Å². The second-order valence-electron chi connectivity index (χ2n) is 1.80. The molecule has 1 heteroatoms. The van der Waals surface area contributed by atoms with Crippen molar-refractivity contribution in [3.8, 4) is 0 Å². The normalized spacial score (nSPS) is 6.90. The zero-order chi connectivity index (χ0) is 7.82. The van der Waals surface area contributed by atoms with E-state index in [9.17, 15) is 0 Å². The third kappa shape index (κ3) is 4.82. The van der Waals surface area contributed by atoms with Gasteiger partial charge < -0.3 is 0 Å². The van der Waals surface area contributed by atoms with E-state index >= 15 is 0 Å². The van der Waals surface area contributed by atoms with Gasteiger partial charge in [0.25, 0.3) is 0 Å². The fourth-order valence-corrected chi connectivity index (χ4v) is 0.534. The van der Waals surface area contributed by atoms with E-state index in [0.29, 0.717) is 0 Å². The molecule has 0 radical (unpaired) electrons. The lowest BCUT2D eigenvalue weighted by Gasteiger charge is -1.82. The van der Waals surface area contributed by atoms with Gasteiger partial charge in [-0.1, -0.05) is 35.9 Å². The zero-order valence-corrected chi connectivity index (χ0v) is 6.00. The van der Waals surface area contributed by atoms with Gasteiger partial charge in [-0.3, -0.25) is 0 Å². The first-order valence-electron chi connectivity index (χ1n) is 2.97. The van der Waals surface area contributed by atoms with E-state index in [2.05, 4.69) is 25.6 Å². The van der Waals surface area contributed by atoms with Crippen LogP contribution < -0.4 is 0 Å². The van der Waals surface area contributed by atoms with Crippen LogP contribution in [0.3, 0.4) is 0 Å². The number of aryl methyl sites for hydroxylation is 1. The SMILES string of the molecule is C=C=O.Cc1ccccc1. The molecule has 0 amide bonds. The van der Waals surface area contributed by atoms with Gasteiger partial charge >= 0.3 is 0 Å². The predicted molar refractivity (Wildman–Crippen MR) is 42.5 cm³/mol. The molecule has 0 fully saturated rings. The first-order chi connectivity index (χ1) is 4.81. The van der Waals surface area contributed by atoms with Gasteiger partial charge in [0.15, 0.2) is 0 Å². The summed E-state index contributed by atoms with van der Waals surface area (Å²) in [6.07, 6.45) is 0. The molecule has 0 saturated heterocycles. The standard InChI is InChI=1S/C7H8.C2H2O/c1-7-5-3-2-4-6-7;1-2-3/h2-6H,1H3;1H2. The fraction of sp³-hybridized carbons (Fsp3) is 0.111. The molecule has 1 aromatic rings. The average Bonchev–Trinajstić information content (AvgIpc) is 1.91. The molecular formula is C9H10O. The van der Waals surface area contributed by atoms with E-state index in [0.717, 1.165) is 0 Å². The number of hydrogen-bond acceptors (Lipinski definition) is 1. The molecule has 0 atom stereocenters. The summed E-state index contributed by atoms with van der Waals surface area (Å²) >= 11 is 0. The summed E-state index contributed by atoms with van der Waals surface area (Å²) in [5.74, 6) is 1.25. The monoisotopic (exact) mass is 134 g/mol. The van der Waals surface area contributed by atoms with Gasteiger partial charge in [0, 0.05) is 0 Å². The fourth-order valence-electron chi connectivity index (χ4n) is 0.534. The Morgan fingerprint density at radius 1 is 1.30 bits per heavy atom. The van der Waals surface area contributed by atoms with Crippen LogP contribution in [0.25, 0.3) is 0 Å². The molecule has 1 nitrogen and oxygen atoms in total. The van der Waals surface area contributed by atoms with E-state index in [1.165, 1.54) is 11.5 Å². The van der Waals surface area contributed by atoms with Gasteiger partial charge in [0.05, 0.1) is 0 Å². The number of rotatable bonds is 0. The maximum atomic E-state index is 8.57. The van der Waals surface area contributed by atoms with Crippen molar-refractivity contribution in [2.24, 2.45) is 0 Å². The van der Waals surface area contributed by atoms with Crippen molar-refractivity contribution >= 4 is 5.94 Å². The summed E-state index contributed by atoms with van der Waals surface area (Å²) in [6.45, 7) is 4.76. The Hall–Kier alpha value is -1.33. The highest BCUT2D eigenvalue weighted by atomic mass is 16.1. The summed E-state index contributed by atoms with van der Waals surface area (Å²) in [4.78, 5) is 8.57. The molecular weight excluding hydrogens is 124 g/mol. The largest absolute Gasteiger partial charge is 0.234 e. The van der Waals surface area contributed by atoms with Crippen molar-refractivity contribution in [3.05, 3.63) is 42.5 Å². The van der Waals surface area contributed by atoms with Gasteiger partial charge in [-0.25, -0.2) is 4.79 Å². The second-order valence-corrected chi connectivity index (χ2v) is 1.80. The molecule has 0 saturated carbocycles. The molecule has 1 rings (SSSR count). The Kier molecular flexibility index (Phi) is 5.03. The number of hydrogen-bond donors (Lipinski definition) is 0. The second kappa shape index (κ2) is 5.80. The maximum Gasteiger partial charge on any atom is 0.116 e. The van der Waals surface area contributed by atoms with Crippen LogP contribution in [0.15, 0.2) is 36.9 Å². The molecule has 0 unspecified atom stereocenters. The van der Waals surface area contributed by atoms with Gasteiger partial charge in [0.2, 0.25) is 0 Å². The van der Waals surface area contributed by atoms with Crippen molar-refractivity contribution < 1.29 is 4.79 Å². The quantitative estimate of drug-likeness (QED) is 0.496. The van der Waals surface area contributed by atoms with E-state index in [1.54, 1.807) is 0 Å². The van der Waals surface area contributed by atoms with Crippen LogP contribution in [0.4, 0.5) is 0 Å². The Bertz CT molecular complexity index is 195. The Morgan fingerprint density at radius 3 is 1.90 bits per heavy atom. The van der Waals surface area contributed by atoms with Crippen molar-refractivity contribution in [3.63, 3.8) is 0 Å². The third-order valence-corrected chi connectivity index (χ3v) is 0.940. The molecule has 52 valence electrons. The van der Waals surface area contributed by atoms with Crippen molar-refractivity contribution in [2.45, 2.75) is 6.92 Å². The van der Waals surface area contributed by atoms with Crippen LogP contribution in [0.5, 0.6) is 0 Å². The van der Waals surface area contributed by atoms with E-state index in [-0.39, 0.29) is 0 Å². The Balaban J connectivity index is 0.000000236. The highest BCUT2D eigenvalue weighted by molar-refractivity contribution is 5.38. The van der Waals surface area contributed by atoms with Gasteiger partial charge in [0.1, 0.15) is 5.94 Å². The topological polar surface area (TPSA) is 17.1 Å². The molecule has 0 spiro atoms. The molecule has 0 bridgehead atoms. The minimum Gasteiger partial charge on any atom is -0.234 e. The molecule has 0 aliphatic heterocycles. The first-order valence-corrected chi connectivity index (χ1v) is 2.97. The van der Waals surface area contributed by atoms with Crippen LogP contribution in [0.1, 0.15) is 5.56 Å². The third-order valence-electron chi connectivity index (χ3n) is 0.940. The average molecular weight is 134 g/mol. The maximum absolute atomic E-state index is 8.57. The van der Waals surface area contributed by atoms with Crippen LogP contribution in [-0.2, 0) is 4.79 Å². The molecule has 0 aliphatic carbocycles. The lowest BCUT2D eigenvalue weighted by atomic mass is 10.2. The predicted octanol–water partition coefficient (Wildman–Crippen LogP) is 2.00. The van der Waals surface area contributed by atoms with Gasteiger partial charge in [-0.2, -0.15) is 0 Å².